The lowest BCUT2D eigenvalue weighted by molar-refractivity contribution is -0.277. The number of nitrogens with one attached hydrogen (secondary N) is 10. The normalized spacial score (nSPS) is 18.3. The molecule has 0 aliphatic carbocycles. The lowest BCUT2D eigenvalue weighted by Crippen LogP contribution is -2.62. The number of carboxylic acid groups (broad SMARTS) is 1. The molecule has 9 rings (SSSR count). The van der Waals surface area contributed by atoms with Crippen LogP contribution in [0, 0.1) is 5.92 Å². The van der Waals surface area contributed by atoms with Crippen LogP contribution in [0.4, 0.5) is 0 Å². The molecule has 1 saturated heterocycles. The van der Waals surface area contributed by atoms with Crippen molar-refractivity contribution in [3.8, 4) is 11.5 Å². The molecule has 1 aliphatic rings. The second-order valence-electron chi connectivity index (χ2n) is 25.7. The van der Waals surface area contributed by atoms with Crippen LogP contribution < -0.4 is 59.2 Å². The number of hydrogen-bond donors (Lipinski definition) is 19. The molecule has 0 unspecified atom stereocenters. The third-order valence-electron chi connectivity index (χ3n) is 17.9. The van der Waals surface area contributed by atoms with Gasteiger partial charge < -0.3 is 109 Å². The van der Waals surface area contributed by atoms with Crippen LogP contribution in [0.5, 0.6) is 11.5 Å². The number of fused-ring (bicyclic) bond motifs is 3. The number of hydrogen-bond acceptors (Lipinski definition) is 18. The fourth-order valence-electron chi connectivity index (χ4n) is 12.2. The van der Waals surface area contributed by atoms with Gasteiger partial charge in [0.25, 0.3) is 0 Å². The van der Waals surface area contributed by atoms with Crippen LogP contribution >= 0.6 is 0 Å². The second-order valence-corrected chi connectivity index (χ2v) is 25.7. The summed E-state index contributed by atoms with van der Waals surface area (Å²) in [5, 5.41) is 81.7. The first-order valence-electron chi connectivity index (χ1n) is 33.5. The van der Waals surface area contributed by atoms with E-state index in [9.17, 15) is 54.6 Å². The molecule has 13 atom stereocenters. The van der Waals surface area contributed by atoms with Crippen LogP contribution in [-0.2, 0) is 80.0 Å². The molecule has 0 saturated carbocycles. The smallest absolute Gasteiger partial charge is 0.305 e. The number of unbranched alkanes of at least 4 members (excludes halogenated alkanes) is 1. The predicted octanol–water partition coefficient (Wildman–Crippen LogP) is -0.00600. The molecule has 102 heavy (non-hydrogen) atoms. The van der Waals surface area contributed by atoms with Gasteiger partial charge in [0.15, 0.2) is 0 Å². The van der Waals surface area contributed by atoms with Crippen molar-refractivity contribution in [2.45, 2.75) is 151 Å². The molecule has 30 heteroatoms. The Labute approximate surface area is 585 Å². The molecular weight excluding hydrogens is 1320 g/mol. The number of carbonyl (C=O) groups excluding carboxylic acids is 8. The zero-order valence-electron chi connectivity index (χ0n) is 56.0. The third kappa shape index (κ3) is 19.6. The first-order valence-corrected chi connectivity index (χ1v) is 33.5. The number of aliphatic hydroxyl groups is 4. The minimum atomic E-state index is -1.85. The Morgan fingerprint density at radius 1 is 0.510 bits per heavy atom. The van der Waals surface area contributed by atoms with Crippen LogP contribution in [0.15, 0.2) is 140 Å². The monoisotopic (exact) mass is 1410 g/mol. The van der Waals surface area contributed by atoms with Gasteiger partial charge in [-0.2, -0.15) is 0 Å². The quantitative estimate of drug-likeness (QED) is 0.0232. The van der Waals surface area contributed by atoms with Crippen molar-refractivity contribution in [1.29, 1.82) is 0 Å². The Hall–Kier alpha value is -10.7. The van der Waals surface area contributed by atoms with Crippen molar-refractivity contribution >= 4 is 85.9 Å². The number of phenols is 1. The average Bonchev–Trinajstić information content (AvgIpc) is 1.21. The topological polar surface area (TPSA) is 503 Å². The number of carboxylic acids is 1. The second kappa shape index (κ2) is 35.0. The summed E-state index contributed by atoms with van der Waals surface area (Å²) in [6.45, 7) is 2.94. The van der Waals surface area contributed by atoms with Crippen LogP contribution in [-0.4, -0.2) is 191 Å². The molecule has 0 bridgehead atoms. The first-order chi connectivity index (χ1) is 48.9. The maximum absolute atomic E-state index is 15.2. The summed E-state index contributed by atoms with van der Waals surface area (Å²) in [6, 6.07) is 21.4. The van der Waals surface area contributed by atoms with Gasteiger partial charge in [-0.05, 0) is 108 Å². The number of nitrogens with two attached hydrogens (primary N) is 3. The number of H-pyrrole nitrogens is 3. The Kier molecular flexibility index (Phi) is 25.9. The molecular formula is C72H87N13O17. The van der Waals surface area contributed by atoms with E-state index in [1.807, 2.05) is 42.5 Å². The number of aliphatic hydroxyl groups excluding tert-OH is 4. The standard InChI is InChI=1S/C72H87N13O17/c1-37(2)60(71(100)84-55(30-41-34-77-50-15-7-4-12-46(41)50)68(97)82-54(29-40-33-76-49-14-6-3-11-45(40)49)67(96)79-52(64(75)93)17-9-10-26-73)85-70(99)56(31-42-35-78-51-16-8-5-13-47(42)51)83-66(95)53(28-39-18-22-43(87)23-19-39)81-69(98)57(32-59(88)89)80-65(94)48(74)27-38-20-24-44(25-21-38)101-72-63(92)62(91)61(90)58(36-86)102-72/h3-8,11-16,18-25,33-35,37,48,52-58,60-63,72,76-78,86-87,90-92H,9-10,17,26-32,36,73-74H2,1-2H3,(H2,75,93)(H,79,96)(H,80,94)(H,81,98)(H,82,97)(H,83,95)(H,84,100)(H,85,99)(H,88,89)/t48-,52-,53-,54+,55-,56-,57-,58+,60-,61+,62-,63+,72+/m0/s1. The lowest BCUT2D eigenvalue weighted by atomic mass is 9.98. The van der Waals surface area contributed by atoms with Gasteiger partial charge in [0.2, 0.25) is 53.5 Å². The highest BCUT2D eigenvalue weighted by Crippen LogP contribution is 2.27. The molecule has 5 aromatic carbocycles. The highest BCUT2D eigenvalue weighted by Gasteiger charge is 2.45. The van der Waals surface area contributed by atoms with E-state index in [0.29, 0.717) is 58.1 Å². The summed E-state index contributed by atoms with van der Waals surface area (Å²) in [7, 11) is 0. The SMILES string of the molecule is CC(C)[C@H](NC(=O)[C@H](Cc1c[nH]c2ccccc12)NC(=O)[C@H](Cc1ccc(O)cc1)NC(=O)[C@H](CC(=O)O)NC(=O)[C@@H](N)Cc1ccc(O[C@@H]2O[C@H](CO)[C@@H](O)[C@H](O)[C@H]2O)cc1)C(=O)N[C@@H](Cc1c[nH]c2ccccc12)C(=O)N[C@H](Cc1c[nH]c2ccccc12)C(=O)N[C@@H](CCCCN)C(N)=O. The number of para-hydroxylation sites is 3. The fraction of sp³-hybridized carbons (Fsp3) is 0.375. The average molecular weight is 1410 g/mol. The van der Waals surface area contributed by atoms with Crippen molar-refractivity contribution in [3.63, 3.8) is 0 Å². The van der Waals surface area contributed by atoms with Gasteiger partial charge in [-0.3, -0.25) is 43.2 Å². The number of amides is 8. The van der Waals surface area contributed by atoms with E-state index in [1.54, 1.807) is 62.8 Å². The molecule has 0 spiro atoms. The summed E-state index contributed by atoms with van der Waals surface area (Å²) in [5.41, 5.74) is 22.6. The molecule has 22 N–H and O–H groups in total. The zero-order valence-corrected chi connectivity index (χ0v) is 56.0. The molecule has 3 aromatic heterocycles. The molecule has 30 nitrogen and oxygen atoms in total. The number of aromatic amines is 3. The van der Waals surface area contributed by atoms with E-state index in [-0.39, 0.29) is 50.0 Å². The number of benzene rings is 5. The minimum absolute atomic E-state index is 0.0785. The van der Waals surface area contributed by atoms with Crippen molar-refractivity contribution in [1.82, 2.24) is 52.2 Å². The molecule has 0 radical (unpaired) electrons. The van der Waals surface area contributed by atoms with E-state index in [4.69, 9.17) is 26.7 Å². The molecule has 1 aliphatic heterocycles. The van der Waals surface area contributed by atoms with E-state index in [1.165, 1.54) is 48.5 Å². The van der Waals surface area contributed by atoms with E-state index in [2.05, 4.69) is 52.2 Å². The van der Waals surface area contributed by atoms with E-state index < -0.39 is 151 Å². The Morgan fingerprint density at radius 2 is 0.931 bits per heavy atom. The summed E-state index contributed by atoms with van der Waals surface area (Å²) < 4.78 is 11.1. The fourth-order valence-corrected chi connectivity index (χ4v) is 12.2. The van der Waals surface area contributed by atoms with E-state index in [0.717, 1.165) is 21.8 Å². The number of carbonyl (C=O) groups is 9. The van der Waals surface area contributed by atoms with Crippen LogP contribution in [0.3, 0.4) is 0 Å². The highest BCUT2D eigenvalue weighted by molar-refractivity contribution is 6.00. The lowest BCUT2D eigenvalue weighted by Gasteiger charge is -2.39. The maximum Gasteiger partial charge on any atom is 0.305 e. The summed E-state index contributed by atoms with van der Waals surface area (Å²) >= 11 is 0. The van der Waals surface area contributed by atoms with Crippen molar-refractivity contribution in [2.75, 3.05) is 13.2 Å². The number of ether oxygens (including phenoxy) is 2. The van der Waals surface area contributed by atoms with Crippen LogP contribution in [0.25, 0.3) is 32.7 Å². The summed E-state index contributed by atoms with van der Waals surface area (Å²) in [6.07, 6.45) is -3.45. The predicted molar refractivity (Wildman–Crippen MR) is 373 cm³/mol. The number of aromatic hydroxyl groups is 1. The van der Waals surface area contributed by atoms with Gasteiger partial charge in [0.05, 0.1) is 19.1 Å². The van der Waals surface area contributed by atoms with E-state index >= 15 is 19.2 Å². The minimum Gasteiger partial charge on any atom is -0.508 e. The Balaban J connectivity index is 0.957. The van der Waals surface area contributed by atoms with Gasteiger partial charge >= 0.3 is 5.97 Å². The first kappa shape index (κ1) is 75.5. The van der Waals surface area contributed by atoms with Gasteiger partial charge in [-0.1, -0.05) is 92.7 Å². The van der Waals surface area contributed by atoms with Gasteiger partial charge in [-0.15, -0.1) is 0 Å². The molecule has 542 valence electrons. The molecule has 4 heterocycles. The van der Waals surface area contributed by atoms with Gasteiger partial charge in [0.1, 0.15) is 78.2 Å². The molecule has 8 amide bonds. The number of rotatable bonds is 35. The number of aliphatic carboxylic acids is 1. The van der Waals surface area contributed by atoms with Crippen molar-refractivity contribution in [3.05, 3.63) is 168 Å². The Bertz CT molecular complexity index is 4230. The number of aromatic nitrogens is 3. The van der Waals surface area contributed by atoms with Gasteiger partial charge in [-0.25, -0.2) is 0 Å². The zero-order chi connectivity index (χ0) is 73.3. The van der Waals surface area contributed by atoms with Gasteiger partial charge in [0, 0.05) is 77.0 Å². The number of primary amides is 1. The Morgan fingerprint density at radius 3 is 1.39 bits per heavy atom. The molecule has 8 aromatic rings. The largest absolute Gasteiger partial charge is 0.508 e. The highest BCUT2D eigenvalue weighted by atomic mass is 16.7. The third-order valence-corrected chi connectivity index (χ3v) is 17.9. The van der Waals surface area contributed by atoms with Crippen molar-refractivity contribution < 1.29 is 83.3 Å². The van der Waals surface area contributed by atoms with Crippen molar-refractivity contribution in [2.24, 2.45) is 23.1 Å². The van der Waals surface area contributed by atoms with Crippen LogP contribution in [0.2, 0.25) is 0 Å². The number of phenolic OH excluding ortho intramolecular Hbond substituents is 1. The summed E-state index contributed by atoms with van der Waals surface area (Å²) in [5.74, 6) is -9.46. The van der Waals surface area contributed by atoms with Crippen LogP contribution in [0.1, 0.15) is 67.3 Å². The summed E-state index contributed by atoms with van der Waals surface area (Å²) in [4.78, 5) is 138. The molecule has 1 fully saturated rings. The maximum atomic E-state index is 15.2.